The molecule has 1 atom stereocenters. The maximum Gasteiger partial charge on any atom is 0.329 e. The summed E-state index contributed by atoms with van der Waals surface area (Å²) in [5.41, 5.74) is 2.51. The van der Waals surface area contributed by atoms with Crippen LogP contribution in [0.4, 0.5) is 0 Å². The SMILES string of the molecule is CCCCCCCOc1ccc(-c2ccc([C@H]3CC[C@@](C#N)(OC(=O)[C@@](Cl)(CCC)C(C)C)CC3)cc2)cc1. The number of hydrogen-bond acceptors (Lipinski definition) is 4. The summed E-state index contributed by atoms with van der Waals surface area (Å²) in [6, 6.07) is 19.4. The van der Waals surface area contributed by atoms with E-state index < -0.39 is 16.4 Å². The van der Waals surface area contributed by atoms with E-state index in [4.69, 9.17) is 21.1 Å². The Balaban J connectivity index is 1.54. The molecule has 39 heavy (non-hydrogen) atoms. The molecule has 3 rings (SSSR count). The maximum absolute atomic E-state index is 13.1. The van der Waals surface area contributed by atoms with Gasteiger partial charge in [-0.1, -0.05) is 96.2 Å². The van der Waals surface area contributed by atoms with E-state index in [1.165, 1.54) is 36.8 Å². The molecule has 1 aliphatic carbocycles. The second-order valence-electron chi connectivity index (χ2n) is 11.4. The molecule has 0 N–H and O–H groups in total. The molecule has 1 aliphatic rings. The summed E-state index contributed by atoms with van der Waals surface area (Å²) in [7, 11) is 0. The van der Waals surface area contributed by atoms with Gasteiger partial charge in [-0.05, 0) is 66.3 Å². The van der Waals surface area contributed by atoms with Crippen LogP contribution in [0.25, 0.3) is 11.1 Å². The Morgan fingerprint density at radius 1 is 0.974 bits per heavy atom. The van der Waals surface area contributed by atoms with Crippen molar-refractivity contribution >= 4 is 17.6 Å². The molecule has 4 nitrogen and oxygen atoms in total. The van der Waals surface area contributed by atoms with Crippen LogP contribution in [0.1, 0.15) is 110 Å². The van der Waals surface area contributed by atoms with E-state index in [2.05, 4.69) is 61.5 Å². The van der Waals surface area contributed by atoms with Gasteiger partial charge in [-0.25, -0.2) is 0 Å². The van der Waals surface area contributed by atoms with Gasteiger partial charge in [-0.15, -0.1) is 11.6 Å². The maximum atomic E-state index is 13.1. The van der Waals surface area contributed by atoms with E-state index in [-0.39, 0.29) is 5.92 Å². The van der Waals surface area contributed by atoms with Gasteiger partial charge in [-0.2, -0.15) is 5.26 Å². The van der Waals surface area contributed by atoms with Gasteiger partial charge >= 0.3 is 5.97 Å². The van der Waals surface area contributed by atoms with E-state index >= 15 is 0 Å². The van der Waals surface area contributed by atoms with Crippen molar-refractivity contribution in [3.05, 3.63) is 54.1 Å². The first-order valence-electron chi connectivity index (χ1n) is 14.9. The van der Waals surface area contributed by atoms with Gasteiger partial charge in [0.2, 0.25) is 0 Å². The predicted octanol–water partition coefficient (Wildman–Crippen LogP) is 9.60. The Hall–Kier alpha value is -2.51. The van der Waals surface area contributed by atoms with Crippen LogP contribution in [0.15, 0.2) is 48.5 Å². The first-order valence-corrected chi connectivity index (χ1v) is 15.3. The van der Waals surface area contributed by atoms with E-state index in [1.54, 1.807) is 0 Å². The number of unbranched alkanes of at least 4 members (excludes halogenated alkanes) is 4. The highest BCUT2D eigenvalue weighted by molar-refractivity contribution is 6.34. The minimum absolute atomic E-state index is 0.0683. The lowest BCUT2D eigenvalue weighted by atomic mass is 9.76. The van der Waals surface area contributed by atoms with Crippen LogP contribution in [-0.2, 0) is 9.53 Å². The van der Waals surface area contributed by atoms with Crippen molar-refractivity contribution in [2.45, 2.75) is 115 Å². The molecule has 1 saturated carbocycles. The Morgan fingerprint density at radius 3 is 2.10 bits per heavy atom. The van der Waals surface area contributed by atoms with Crippen molar-refractivity contribution < 1.29 is 14.3 Å². The molecule has 0 bridgehead atoms. The average molecular weight is 552 g/mol. The summed E-state index contributed by atoms with van der Waals surface area (Å²) in [6.45, 7) is 8.87. The van der Waals surface area contributed by atoms with Gasteiger partial charge in [0.1, 0.15) is 16.7 Å². The lowest BCUT2D eigenvalue weighted by Crippen LogP contribution is -2.46. The molecule has 0 spiro atoms. The first-order chi connectivity index (χ1) is 18.8. The number of hydrogen-bond donors (Lipinski definition) is 0. The fraction of sp³-hybridized carbons (Fsp3) is 0.588. The van der Waals surface area contributed by atoms with Crippen LogP contribution >= 0.6 is 11.6 Å². The van der Waals surface area contributed by atoms with Crippen molar-refractivity contribution in [2.24, 2.45) is 5.92 Å². The van der Waals surface area contributed by atoms with Gasteiger partial charge in [-0.3, -0.25) is 4.79 Å². The van der Waals surface area contributed by atoms with Crippen molar-refractivity contribution in [2.75, 3.05) is 6.61 Å². The minimum Gasteiger partial charge on any atom is -0.494 e. The second kappa shape index (κ2) is 14.8. The number of esters is 1. The number of halogens is 1. The molecular formula is C34H46ClNO3. The standard InChI is InChI=1S/C34H46ClNO3/c1-5-7-8-9-10-24-38-31-17-15-29(16-18-31)27-11-13-28(14-12-27)30-19-22-33(25-36,23-20-30)39-32(37)34(35,21-6-2)26(3)4/h11-18,26,30H,5-10,19-24H2,1-4H3/t30-,33+,34-/m1/s1. The molecular weight excluding hydrogens is 506 g/mol. The molecule has 0 saturated heterocycles. The summed E-state index contributed by atoms with van der Waals surface area (Å²) in [5, 5.41) is 9.98. The highest BCUT2D eigenvalue weighted by atomic mass is 35.5. The zero-order valence-corrected chi connectivity index (χ0v) is 25.1. The lowest BCUT2D eigenvalue weighted by Gasteiger charge is -2.38. The lowest BCUT2D eigenvalue weighted by molar-refractivity contribution is -0.162. The van der Waals surface area contributed by atoms with Crippen molar-refractivity contribution in [1.82, 2.24) is 0 Å². The smallest absolute Gasteiger partial charge is 0.329 e. The van der Waals surface area contributed by atoms with Crippen molar-refractivity contribution in [3.8, 4) is 22.9 Å². The van der Waals surface area contributed by atoms with Crippen LogP contribution < -0.4 is 4.74 Å². The number of ether oxygens (including phenoxy) is 2. The van der Waals surface area contributed by atoms with Gasteiger partial charge in [0, 0.05) is 12.8 Å². The number of nitrogens with zero attached hydrogens (tertiary/aromatic N) is 1. The Bertz CT molecular complexity index is 1070. The zero-order chi connectivity index (χ0) is 28.3. The molecule has 5 heteroatoms. The minimum atomic E-state index is -1.09. The molecule has 212 valence electrons. The molecule has 2 aromatic rings. The second-order valence-corrected chi connectivity index (χ2v) is 12.1. The Labute approximate surface area is 241 Å². The molecule has 0 amide bonds. The van der Waals surface area contributed by atoms with Crippen LogP contribution in [0.3, 0.4) is 0 Å². The van der Waals surface area contributed by atoms with Crippen LogP contribution in [-0.4, -0.2) is 23.1 Å². The van der Waals surface area contributed by atoms with E-state index in [0.29, 0.717) is 25.2 Å². The molecule has 0 aromatic heterocycles. The van der Waals surface area contributed by atoms with Crippen LogP contribution in [0, 0.1) is 17.2 Å². The number of rotatable bonds is 14. The number of carbonyl (C=O) groups excluding carboxylic acids is 1. The summed E-state index contributed by atoms with van der Waals surface area (Å²) < 4.78 is 11.8. The summed E-state index contributed by atoms with van der Waals surface area (Å²) in [6.07, 6.45) is 10.2. The highest BCUT2D eigenvalue weighted by Crippen LogP contribution is 2.42. The molecule has 0 radical (unpaired) electrons. The molecule has 0 aliphatic heterocycles. The normalized spacial score (nSPS) is 20.7. The van der Waals surface area contributed by atoms with E-state index in [0.717, 1.165) is 43.6 Å². The van der Waals surface area contributed by atoms with Crippen molar-refractivity contribution in [1.29, 1.82) is 5.26 Å². The third-order valence-electron chi connectivity index (χ3n) is 8.24. The van der Waals surface area contributed by atoms with Gasteiger partial charge < -0.3 is 9.47 Å². The summed E-state index contributed by atoms with van der Waals surface area (Å²) >= 11 is 6.71. The predicted molar refractivity (Wildman–Crippen MR) is 160 cm³/mol. The summed E-state index contributed by atoms with van der Waals surface area (Å²) in [5.74, 6) is 0.744. The van der Waals surface area contributed by atoms with Crippen LogP contribution in [0.2, 0.25) is 0 Å². The monoisotopic (exact) mass is 551 g/mol. The largest absolute Gasteiger partial charge is 0.494 e. The number of carbonyl (C=O) groups is 1. The number of nitriles is 1. The zero-order valence-electron chi connectivity index (χ0n) is 24.3. The van der Waals surface area contributed by atoms with Crippen molar-refractivity contribution in [3.63, 3.8) is 0 Å². The quantitative estimate of drug-likeness (QED) is 0.133. The van der Waals surface area contributed by atoms with E-state index in [9.17, 15) is 10.1 Å². The molecule has 2 aromatic carbocycles. The van der Waals surface area contributed by atoms with Gasteiger partial charge in [0.15, 0.2) is 5.60 Å². The third-order valence-corrected chi connectivity index (χ3v) is 9.02. The van der Waals surface area contributed by atoms with E-state index in [1.807, 2.05) is 20.8 Å². The van der Waals surface area contributed by atoms with Gasteiger partial charge in [0.25, 0.3) is 0 Å². The average Bonchev–Trinajstić information content (AvgIpc) is 2.95. The molecule has 0 heterocycles. The fourth-order valence-electron chi connectivity index (χ4n) is 5.49. The topological polar surface area (TPSA) is 59.3 Å². The highest BCUT2D eigenvalue weighted by Gasteiger charge is 2.46. The Kier molecular flexibility index (Phi) is 11.7. The molecule has 0 unspecified atom stereocenters. The number of alkyl halides is 1. The summed E-state index contributed by atoms with van der Waals surface area (Å²) in [4.78, 5) is 12.0. The number of benzene rings is 2. The van der Waals surface area contributed by atoms with Crippen LogP contribution in [0.5, 0.6) is 5.75 Å². The fourth-order valence-corrected chi connectivity index (χ4v) is 5.72. The Morgan fingerprint density at radius 2 is 1.56 bits per heavy atom. The van der Waals surface area contributed by atoms with Gasteiger partial charge in [0.05, 0.1) is 6.61 Å². The molecule has 1 fully saturated rings. The first kappa shape index (κ1) is 31.0. The third kappa shape index (κ3) is 8.24.